The molecule has 8 nitrogen and oxygen atoms in total. The molecular weight excluding hydrogens is 517 g/mol. The van der Waals surface area contributed by atoms with Crippen LogP contribution >= 0.6 is 11.6 Å². The van der Waals surface area contributed by atoms with Gasteiger partial charge >= 0.3 is 6.18 Å². The molecule has 1 N–H and O–H groups in total. The van der Waals surface area contributed by atoms with Gasteiger partial charge in [-0.1, -0.05) is 23.7 Å². The third-order valence-electron chi connectivity index (χ3n) is 5.18. The summed E-state index contributed by atoms with van der Waals surface area (Å²) in [5, 5.41) is 12.5. The van der Waals surface area contributed by atoms with Crippen LogP contribution in [0.1, 0.15) is 5.56 Å². The first-order chi connectivity index (χ1) is 17.1. The highest BCUT2D eigenvalue weighted by Crippen LogP contribution is 2.34. The van der Waals surface area contributed by atoms with E-state index in [0.717, 1.165) is 17.7 Å². The Bertz CT molecular complexity index is 1670. The van der Waals surface area contributed by atoms with Gasteiger partial charge in [-0.25, -0.2) is 8.42 Å². The van der Waals surface area contributed by atoms with Crippen LogP contribution in [-0.2, 0) is 16.2 Å². The number of fused-ring (bicyclic) bond motifs is 1. The smallest absolute Gasteiger partial charge is 0.280 e. The van der Waals surface area contributed by atoms with Crippen molar-refractivity contribution in [1.29, 1.82) is 0 Å². The first-order valence-electron chi connectivity index (χ1n) is 10.2. The van der Waals surface area contributed by atoms with E-state index >= 15 is 0 Å². The van der Waals surface area contributed by atoms with E-state index < -0.39 is 26.7 Å². The zero-order valence-electron chi connectivity index (χ0n) is 18.0. The van der Waals surface area contributed by atoms with Crippen molar-refractivity contribution in [3.63, 3.8) is 0 Å². The molecule has 0 aliphatic carbocycles. The number of nitrogens with one attached hydrogen (secondary N) is 1. The number of anilines is 1. The normalized spacial score (nSPS) is 12.1. The number of halogens is 4. The molecule has 3 heterocycles. The van der Waals surface area contributed by atoms with Crippen molar-refractivity contribution in [2.75, 3.05) is 4.72 Å². The van der Waals surface area contributed by atoms with Gasteiger partial charge in [-0.15, -0.1) is 10.2 Å². The molecule has 5 aromatic rings. The van der Waals surface area contributed by atoms with E-state index in [1.54, 1.807) is 53.3 Å². The molecule has 0 fully saturated rings. The minimum absolute atomic E-state index is 0.134. The van der Waals surface area contributed by atoms with Crippen molar-refractivity contribution >= 4 is 33.0 Å². The van der Waals surface area contributed by atoms with E-state index in [9.17, 15) is 21.6 Å². The Balaban J connectivity index is 1.43. The number of hydrogen-bond donors (Lipinski definition) is 1. The number of nitrogens with zero attached hydrogens (tertiary/aromatic N) is 5. The molecule has 36 heavy (non-hydrogen) atoms. The topological polar surface area (TPSA) is 102 Å². The lowest BCUT2D eigenvalue weighted by Gasteiger charge is -2.13. The van der Waals surface area contributed by atoms with Gasteiger partial charge in [0.15, 0.2) is 11.5 Å². The quantitative estimate of drug-likeness (QED) is 0.330. The first-order valence-corrected chi connectivity index (χ1v) is 12.1. The van der Waals surface area contributed by atoms with Crippen LogP contribution in [0.2, 0.25) is 5.02 Å². The second-order valence-electron chi connectivity index (χ2n) is 7.57. The molecule has 5 rings (SSSR count). The monoisotopic (exact) mass is 530 g/mol. The number of sulfonamides is 1. The van der Waals surface area contributed by atoms with E-state index in [-0.39, 0.29) is 10.7 Å². The Kier molecular flexibility index (Phi) is 5.85. The standard InChI is InChI=1S/C23H14ClF3N6O2S/c24-18-6-3-16(23(25,26)27)13-20(18)36(34,35)32-17-4-1-14(2-5-17)19-7-8-21-29-30-22(33(21)31-19)15-9-11-28-12-10-15/h1-13,32H. The van der Waals surface area contributed by atoms with Gasteiger partial charge < -0.3 is 0 Å². The van der Waals surface area contributed by atoms with E-state index in [1.807, 2.05) is 0 Å². The summed E-state index contributed by atoms with van der Waals surface area (Å²) in [7, 11) is -4.39. The van der Waals surface area contributed by atoms with Gasteiger partial charge in [0.2, 0.25) is 0 Å². The van der Waals surface area contributed by atoms with Crippen LogP contribution in [0, 0.1) is 0 Å². The Morgan fingerprint density at radius 2 is 1.58 bits per heavy atom. The number of alkyl halides is 3. The Morgan fingerprint density at radius 1 is 0.861 bits per heavy atom. The average Bonchev–Trinajstić information content (AvgIpc) is 3.27. The van der Waals surface area contributed by atoms with Gasteiger partial charge in [0.25, 0.3) is 10.0 Å². The van der Waals surface area contributed by atoms with Crippen molar-refractivity contribution in [3.8, 4) is 22.6 Å². The summed E-state index contributed by atoms with van der Waals surface area (Å²) in [6.07, 6.45) is -1.45. The molecule has 0 aliphatic rings. The highest BCUT2D eigenvalue weighted by atomic mass is 35.5. The molecule has 0 saturated carbocycles. The maximum Gasteiger partial charge on any atom is 0.416 e. The summed E-state index contributed by atoms with van der Waals surface area (Å²) in [5.41, 5.74) is 1.55. The van der Waals surface area contributed by atoms with Gasteiger partial charge in [-0.05, 0) is 54.6 Å². The van der Waals surface area contributed by atoms with Crippen molar-refractivity contribution < 1.29 is 21.6 Å². The molecule has 0 aliphatic heterocycles. The molecule has 13 heteroatoms. The second-order valence-corrected chi connectivity index (χ2v) is 9.63. The van der Waals surface area contributed by atoms with Crippen LogP contribution in [0.15, 0.2) is 84.0 Å². The summed E-state index contributed by atoms with van der Waals surface area (Å²) in [4.78, 5) is 3.31. The molecule has 0 bridgehead atoms. The number of hydrogen-bond acceptors (Lipinski definition) is 6. The molecule has 0 saturated heterocycles. The van der Waals surface area contributed by atoms with E-state index in [4.69, 9.17) is 11.6 Å². The van der Waals surface area contributed by atoms with Crippen molar-refractivity contribution in [1.82, 2.24) is 24.8 Å². The van der Waals surface area contributed by atoms with Gasteiger partial charge in [0, 0.05) is 29.2 Å². The van der Waals surface area contributed by atoms with Crippen LogP contribution in [0.3, 0.4) is 0 Å². The number of rotatable bonds is 5. The minimum atomic E-state index is -4.72. The fourth-order valence-electron chi connectivity index (χ4n) is 3.43. The maximum absolute atomic E-state index is 13.0. The highest BCUT2D eigenvalue weighted by Gasteiger charge is 2.32. The lowest BCUT2D eigenvalue weighted by molar-refractivity contribution is -0.137. The largest absolute Gasteiger partial charge is 0.416 e. The Morgan fingerprint density at radius 3 is 2.28 bits per heavy atom. The Labute approximate surface area is 207 Å². The molecule has 0 amide bonds. The summed E-state index contributed by atoms with van der Waals surface area (Å²) in [6, 6.07) is 15.3. The van der Waals surface area contributed by atoms with E-state index in [1.165, 1.54) is 12.1 Å². The molecule has 0 radical (unpaired) electrons. The third-order valence-corrected chi connectivity index (χ3v) is 7.05. The van der Waals surface area contributed by atoms with Crippen LogP contribution in [0.25, 0.3) is 28.3 Å². The van der Waals surface area contributed by atoms with Gasteiger partial charge in [0.1, 0.15) is 4.90 Å². The summed E-state index contributed by atoms with van der Waals surface area (Å²) >= 11 is 5.89. The maximum atomic E-state index is 13.0. The summed E-state index contributed by atoms with van der Waals surface area (Å²) < 4.78 is 68.5. The van der Waals surface area contributed by atoms with Crippen molar-refractivity contribution in [2.45, 2.75) is 11.1 Å². The number of pyridine rings is 1. The molecular formula is C23H14ClF3N6O2S. The first kappa shape index (κ1) is 23.7. The van der Waals surface area contributed by atoms with Crippen LogP contribution in [0.5, 0.6) is 0 Å². The Hall–Kier alpha value is -4.03. The highest BCUT2D eigenvalue weighted by molar-refractivity contribution is 7.92. The molecule has 2 aromatic carbocycles. The predicted octanol–water partition coefficient (Wildman–Crippen LogP) is 5.33. The zero-order valence-corrected chi connectivity index (χ0v) is 19.6. The molecule has 0 unspecified atom stereocenters. The third kappa shape index (κ3) is 4.60. The molecule has 0 spiro atoms. The zero-order chi connectivity index (χ0) is 25.5. The summed E-state index contributed by atoms with van der Waals surface area (Å²) in [5.74, 6) is 0.525. The van der Waals surface area contributed by atoms with Gasteiger partial charge in [-0.3, -0.25) is 9.71 Å². The van der Waals surface area contributed by atoms with Crippen molar-refractivity contribution in [2.24, 2.45) is 0 Å². The fourth-order valence-corrected chi connectivity index (χ4v) is 5.01. The predicted molar refractivity (Wildman–Crippen MR) is 127 cm³/mol. The van der Waals surface area contributed by atoms with Crippen LogP contribution in [0.4, 0.5) is 18.9 Å². The van der Waals surface area contributed by atoms with Gasteiger partial charge in [-0.2, -0.15) is 22.8 Å². The van der Waals surface area contributed by atoms with Crippen LogP contribution in [-0.4, -0.2) is 33.2 Å². The van der Waals surface area contributed by atoms with Crippen LogP contribution < -0.4 is 4.72 Å². The molecule has 3 aromatic heterocycles. The SMILES string of the molecule is O=S(=O)(Nc1ccc(-c2ccc3nnc(-c4ccncc4)n3n2)cc1)c1cc(C(F)(F)F)ccc1Cl. The van der Waals surface area contributed by atoms with E-state index in [2.05, 4.69) is 25.0 Å². The average molecular weight is 531 g/mol. The molecule has 182 valence electrons. The fraction of sp³-hybridized carbons (Fsp3) is 0.0435. The molecule has 0 atom stereocenters. The van der Waals surface area contributed by atoms with Gasteiger partial charge in [0.05, 0.1) is 16.3 Å². The lowest BCUT2D eigenvalue weighted by Crippen LogP contribution is -2.15. The lowest BCUT2D eigenvalue weighted by atomic mass is 10.1. The van der Waals surface area contributed by atoms with E-state index in [0.29, 0.717) is 28.8 Å². The number of benzene rings is 2. The second kappa shape index (κ2) is 8.88. The minimum Gasteiger partial charge on any atom is -0.280 e. The summed E-state index contributed by atoms with van der Waals surface area (Å²) in [6.45, 7) is 0. The number of aromatic nitrogens is 5. The van der Waals surface area contributed by atoms with Crippen molar-refractivity contribution in [3.05, 3.63) is 89.7 Å².